The van der Waals surface area contributed by atoms with Gasteiger partial charge in [-0.25, -0.2) is 18.7 Å². The molecule has 12 heteroatoms. The number of rotatable bonds is 12. The van der Waals surface area contributed by atoms with Gasteiger partial charge in [0.2, 0.25) is 0 Å². The van der Waals surface area contributed by atoms with Crippen LogP contribution >= 0.6 is 11.6 Å². The number of ether oxygens (including phenoxy) is 4. The molecule has 0 bridgehead atoms. The van der Waals surface area contributed by atoms with Gasteiger partial charge in [0.25, 0.3) is 0 Å². The molecule has 1 N–H and O–H groups in total. The van der Waals surface area contributed by atoms with E-state index < -0.39 is 31.0 Å². The predicted molar refractivity (Wildman–Crippen MR) is 142 cm³/mol. The molecule has 1 aromatic heterocycles. The number of benzene rings is 2. The maximum Gasteiger partial charge on any atom is 0.186 e. The summed E-state index contributed by atoms with van der Waals surface area (Å²) in [7, 11) is 3.07. The van der Waals surface area contributed by atoms with Crippen LogP contribution in [0.4, 0.5) is 20.3 Å². The number of carbonyl (C=O) groups is 2. The summed E-state index contributed by atoms with van der Waals surface area (Å²) in [4.78, 5) is 33.3. The summed E-state index contributed by atoms with van der Waals surface area (Å²) in [6.07, 6.45) is 3.24. The first-order valence-corrected chi connectivity index (χ1v) is 12.1. The van der Waals surface area contributed by atoms with E-state index in [0.717, 1.165) is 18.2 Å². The lowest BCUT2D eigenvalue weighted by Gasteiger charge is -2.20. The maximum absolute atomic E-state index is 13.3. The van der Waals surface area contributed by atoms with E-state index in [1.165, 1.54) is 25.6 Å². The van der Waals surface area contributed by atoms with Gasteiger partial charge in [0.1, 0.15) is 37.9 Å². The molecular weight excluding hydrogens is 536 g/mol. The molecule has 4 rings (SSSR count). The molecule has 2 aromatic carbocycles. The fourth-order valence-electron chi connectivity index (χ4n) is 3.78. The largest absolute Gasteiger partial charge is 0.493 e. The average Bonchev–Trinajstić information content (AvgIpc) is 2.93. The van der Waals surface area contributed by atoms with Crippen LogP contribution in [0.1, 0.15) is 5.56 Å². The van der Waals surface area contributed by atoms with Crippen LogP contribution < -0.4 is 19.5 Å². The van der Waals surface area contributed by atoms with Crippen LogP contribution in [0.3, 0.4) is 0 Å². The first-order valence-electron chi connectivity index (χ1n) is 11.7. The summed E-state index contributed by atoms with van der Waals surface area (Å²) < 4.78 is 48.2. The van der Waals surface area contributed by atoms with Crippen molar-refractivity contribution >= 4 is 51.1 Å². The second-order valence-corrected chi connectivity index (χ2v) is 8.66. The second kappa shape index (κ2) is 12.6. The molecule has 0 saturated heterocycles. The van der Waals surface area contributed by atoms with Gasteiger partial charge in [0, 0.05) is 35.4 Å². The zero-order valence-electron chi connectivity index (χ0n) is 21.0. The molecule has 0 fully saturated rings. The Morgan fingerprint density at radius 3 is 2.51 bits per heavy atom. The van der Waals surface area contributed by atoms with Crippen LogP contribution in [-0.2, 0) is 14.3 Å². The van der Waals surface area contributed by atoms with Gasteiger partial charge < -0.3 is 24.3 Å². The summed E-state index contributed by atoms with van der Waals surface area (Å²) in [5.41, 5.74) is 0.951. The lowest BCUT2D eigenvalue weighted by molar-refractivity contribution is -0.113. The first kappa shape index (κ1) is 27.9. The highest BCUT2D eigenvalue weighted by atomic mass is 35.5. The molecule has 1 aliphatic rings. The van der Waals surface area contributed by atoms with E-state index in [9.17, 15) is 18.4 Å². The average molecular weight is 560 g/mol. The topological polar surface area (TPSA) is 109 Å². The standard InChI is InChI=1S/C27H24ClF2N3O6/c1-36-5-6-38-25-11-22-20(10-24(25)37-2)27(32-14-31-22)33-15-7-19(18-9-16(34)3-4-23(18)35)26(21(28)8-15)39-17(12-29)13-30/h3-4,7-11,14,17H,5-6,12-13H2,1-2H3,(H,31,32,33). The third kappa shape index (κ3) is 6.32. The SMILES string of the molecule is COCCOc1cc2ncnc(Nc3cc(Cl)c(OC(CF)CF)c(C4=CC(=O)C=CC4=O)c3)c2cc1OC. The third-order valence-corrected chi connectivity index (χ3v) is 5.92. The van der Waals surface area contributed by atoms with Gasteiger partial charge in [-0.05, 0) is 36.4 Å². The van der Waals surface area contributed by atoms with Crippen LogP contribution in [0.15, 0.2) is 48.8 Å². The Labute approximate surface area is 227 Å². The van der Waals surface area contributed by atoms with E-state index in [1.54, 1.807) is 19.2 Å². The Morgan fingerprint density at radius 1 is 1.00 bits per heavy atom. The van der Waals surface area contributed by atoms with E-state index in [1.807, 2.05) is 0 Å². The normalized spacial score (nSPS) is 13.1. The van der Waals surface area contributed by atoms with Crippen LogP contribution in [0.2, 0.25) is 5.02 Å². The van der Waals surface area contributed by atoms with Crippen molar-refractivity contribution in [2.45, 2.75) is 6.10 Å². The molecule has 0 unspecified atom stereocenters. The van der Waals surface area contributed by atoms with Crippen molar-refractivity contribution in [2.24, 2.45) is 0 Å². The molecule has 204 valence electrons. The van der Waals surface area contributed by atoms with Crippen molar-refractivity contribution in [3.8, 4) is 17.2 Å². The summed E-state index contributed by atoms with van der Waals surface area (Å²) in [5, 5.41) is 3.66. The number of methoxy groups -OCH3 is 2. The Hall–Kier alpha value is -4.09. The molecule has 9 nitrogen and oxygen atoms in total. The number of ketones is 2. The quantitative estimate of drug-likeness (QED) is 0.246. The Balaban J connectivity index is 1.77. The molecule has 1 aliphatic carbocycles. The minimum atomic E-state index is -1.44. The highest BCUT2D eigenvalue weighted by molar-refractivity contribution is 6.36. The summed E-state index contributed by atoms with van der Waals surface area (Å²) in [5.74, 6) is 0.206. The molecule has 0 amide bonds. The van der Waals surface area contributed by atoms with Crippen LogP contribution in [0.5, 0.6) is 17.2 Å². The molecule has 0 radical (unpaired) electrons. The Morgan fingerprint density at radius 2 is 1.79 bits per heavy atom. The summed E-state index contributed by atoms with van der Waals surface area (Å²) >= 11 is 6.48. The molecule has 0 aliphatic heterocycles. The highest BCUT2D eigenvalue weighted by Crippen LogP contribution is 2.40. The number of anilines is 2. The minimum absolute atomic E-state index is 0.0356. The molecule has 0 spiro atoms. The van der Waals surface area contributed by atoms with Crippen LogP contribution in [-0.4, -0.2) is 68.4 Å². The van der Waals surface area contributed by atoms with Gasteiger partial charge in [-0.15, -0.1) is 0 Å². The number of alkyl halides is 2. The fourth-order valence-corrected chi connectivity index (χ4v) is 4.05. The lowest BCUT2D eigenvalue weighted by Crippen LogP contribution is -2.22. The lowest BCUT2D eigenvalue weighted by atomic mass is 9.95. The Bertz CT molecular complexity index is 1460. The molecular formula is C27H24ClF2N3O6. The summed E-state index contributed by atoms with van der Waals surface area (Å²) in [6, 6.07) is 6.33. The zero-order chi connectivity index (χ0) is 27.9. The number of nitrogens with one attached hydrogen (secondary N) is 1. The van der Waals surface area contributed by atoms with Gasteiger partial charge in [-0.1, -0.05) is 11.6 Å². The van der Waals surface area contributed by atoms with E-state index in [0.29, 0.717) is 47.1 Å². The van der Waals surface area contributed by atoms with Crippen molar-refractivity contribution in [3.05, 3.63) is 59.4 Å². The number of carbonyl (C=O) groups excluding carboxylic acids is 2. The second-order valence-electron chi connectivity index (χ2n) is 8.25. The van der Waals surface area contributed by atoms with E-state index >= 15 is 0 Å². The number of aromatic nitrogens is 2. The van der Waals surface area contributed by atoms with Crippen molar-refractivity contribution in [3.63, 3.8) is 0 Å². The van der Waals surface area contributed by atoms with E-state index in [4.69, 9.17) is 30.5 Å². The van der Waals surface area contributed by atoms with Gasteiger partial charge in [-0.3, -0.25) is 9.59 Å². The van der Waals surface area contributed by atoms with Crippen molar-refractivity contribution < 1.29 is 37.3 Å². The number of allylic oxidation sites excluding steroid dienone is 4. The van der Waals surface area contributed by atoms with E-state index in [-0.39, 0.29) is 21.9 Å². The van der Waals surface area contributed by atoms with Crippen LogP contribution in [0.25, 0.3) is 16.5 Å². The number of nitrogens with zero attached hydrogens (tertiary/aromatic N) is 2. The minimum Gasteiger partial charge on any atom is -0.493 e. The van der Waals surface area contributed by atoms with Crippen molar-refractivity contribution in [1.29, 1.82) is 0 Å². The number of hydrogen-bond donors (Lipinski definition) is 1. The van der Waals surface area contributed by atoms with Crippen molar-refractivity contribution in [1.82, 2.24) is 9.97 Å². The molecule has 3 aromatic rings. The monoisotopic (exact) mass is 559 g/mol. The third-order valence-electron chi connectivity index (χ3n) is 5.64. The highest BCUT2D eigenvalue weighted by Gasteiger charge is 2.24. The molecule has 39 heavy (non-hydrogen) atoms. The predicted octanol–water partition coefficient (Wildman–Crippen LogP) is 4.84. The zero-order valence-corrected chi connectivity index (χ0v) is 21.8. The van der Waals surface area contributed by atoms with Gasteiger partial charge in [0.05, 0.1) is 24.3 Å². The van der Waals surface area contributed by atoms with Crippen molar-refractivity contribution in [2.75, 3.05) is 46.1 Å². The maximum atomic E-state index is 13.3. The first-order chi connectivity index (χ1) is 18.9. The Kier molecular flexibility index (Phi) is 9.05. The van der Waals surface area contributed by atoms with Crippen LogP contribution in [0, 0.1) is 0 Å². The molecule has 0 saturated carbocycles. The number of hydrogen-bond acceptors (Lipinski definition) is 9. The van der Waals surface area contributed by atoms with Gasteiger partial charge in [-0.2, -0.15) is 0 Å². The smallest absolute Gasteiger partial charge is 0.186 e. The van der Waals surface area contributed by atoms with E-state index in [2.05, 4.69) is 15.3 Å². The fraction of sp³-hybridized carbons (Fsp3) is 0.259. The number of halogens is 3. The molecule has 0 atom stereocenters. The number of fused-ring (bicyclic) bond motifs is 1. The summed E-state index contributed by atoms with van der Waals surface area (Å²) in [6.45, 7) is -1.55. The van der Waals surface area contributed by atoms with Gasteiger partial charge in [0.15, 0.2) is 29.2 Å². The van der Waals surface area contributed by atoms with Gasteiger partial charge >= 0.3 is 0 Å². The molecule has 1 heterocycles.